The average molecular weight is 417 g/mol. The number of carbonyl (C=O) groups excluding carboxylic acids is 1. The van der Waals surface area contributed by atoms with Crippen molar-refractivity contribution in [2.75, 3.05) is 7.11 Å². The number of nitrogens with one attached hydrogen (secondary N) is 2. The number of ether oxygens (including phenoxy) is 1. The molecule has 146 valence electrons. The highest BCUT2D eigenvalue weighted by atomic mass is 35.5. The summed E-state index contributed by atoms with van der Waals surface area (Å²) in [5, 5.41) is 7.46. The number of nitrogen functional groups attached to an aromatic ring is 1. The van der Waals surface area contributed by atoms with Gasteiger partial charge in [0.15, 0.2) is 4.77 Å². The van der Waals surface area contributed by atoms with E-state index in [0.717, 1.165) is 22.4 Å². The van der Waals surface area contributed by atoms with Crippen molar-refractivity contribution < 1.29 is 9.53 Å². The highest BCUT2D eigenvalue weighted by Gasteiger charge is 2.07. The lowest BCUT2D eigenvalue weighted by molar-refractivity contribution is -0.140. The fourth-order valence-corrected chi connectivity index (χ4v) is 3.00. The number of amidine groups is 1. The molecule has 0 amide bonds. The fraction of sp³-hybridized carbons (Fsp3) is 0.150. The molecule has 0 saturated carbocycles. The lowest BCUT2D eigenvalue weighted by Crippen LogP contribution is -2.10. The molecule has 2 aromatic carbocycles. The van der Waals surface area contributed by atoms with Crippen LogP contribution in [0.5, 0.6) is 0 Å². The number of nitrogens with zero attached hydrogens (tertiary/aromatic N) is 1. The molecular formula is C20H21ClN4O2S. The number of hydrogen-bond donors (Lipinski definition) is 3. The second-order valence-corrected chi connectivity index (χ2v) is 6.45. The van der Waals surface area contributed by atoms with Crippen LogP contribution in [0.25, 0.3) is 22.4 Å². The van der Waals surface area contributed by atoms with Crippen LogP contribution >= 0.6 is 24.6 Å². The van der Waals surface area contributed by atoms with Gasteiger partial charge in [-0.3, -0.25) is 10.2 Å². The number of imidazole rings is 1. The van der Waals surface area contributed by atoms with Gasteiger partial charge in [0.25, 0.3) is 0 Å². The van der Waals surface area contributed by atoms with Crippen molar-refractivity contribution in [1.82, 2.24) is 9.55 Å². The van der Waals surface area contributed by atoms with Gasteiger partial charge in [0, 0.05) is 18.3 Å². The van der Waals surface area contributed by atoms with Gasteiger partial charge in [-0.1, -0.05) is 48.5 Å². The molecule has 0 bridgehead atoms. The van der Waals surface area contributed by atoms with Crippen LogP contribution in [0.1, 0.15) is 12.0 Å². The van der Waals surface area contributed by atoms with E-state index < -0.39 is 0 Å². The zero-order valence-corrected chi connectivity index (χ0v) is 16.9. The molecule has 1 heterocycles. The minimum absolute atomic E-state index is 0. The number of H-pyrrole nitrogens is 1. The van der Waals surface area contributed by atoms with E-state index in [0.29, 0.717) is 16.9 Å². The van der Waals surface area contributed by atoms with Crippen LogP contribution in [0.15, 0.2) is 54.7 Å². The van der Waals surface area contributed by atoms with Gasteiger partial charge >= 0.3 is 5.97 Å². The van der Waals surface area contributed by atoms with Gasteiger partial charge in [-0.2, -0.15) is 0 Å². The number of nitrogens with two attached hydrogens (primary N) is 1. The second-order valence-electron chi connectivity index (χ2n) is 6.06. The van der Waals surface area contributed by atoms with Crippen LogP contribution in [0.3, 0.4) is 0 Å². The number of carbonyl (C=O) groups is 1. The van der Waals surface area contributed by atoms with E-state index in [-0.39, 0.29) is 30.6 Å². The van der Waals surface area contributed by atoms with E-state index in [1.54, 1.807) is 0 Å². The van der Waals surface area contributed by atoms with Crippen molar-refractivity contribution in [2.24, 2.45) is 5.73 Å². The fourth-order valence-electron chi connectivity index (χ4n) is 2.74. The molecule has 1 aromatic heterocycles. The summed E-state index contributed by atoms with van der Waals surface area (Å²) in [5.41, 5.74) is 10.2. The Hall–Kier alpha value is -2.90. The first kappa shape index (κ1) is 21.4. The van der Waals surface area contributed by atoms with Gasteiger partial charge in [-0.05, 0) is 28.9 Å². The Kier molecular flexibility index (Phi) is 7.14. The third kappa shape index (κ3) is 4.88. The Balaban J connectivity index is 0.00000280. The first-order chi connectivity index (χ1) is 13.0. The van der Waals surface area contributed by atoms with Gasteiger partial charge < -0.3 is 20.0 Å². The van der Waals surface area contributed by atoms with Gasteiger partial charge in [-0.15, -0.1) is 12.4 Å². The van der Waals surface area contributed by atoms with Crippen molar-refractivity contribution >= 4 is 36.4 Å². The van der Waals surface area contributed by atoms with Crippen LogP contribution in [0.4, 0.5) is 0 Å². The molecule has 0 radical (unpaired) electrons. The molecule has 0 unspecified atom stereocenters. The Bertz CT molecular complexity index is 1020. The molecule has 0 spiro atoms. The zero-order chi connectivity index (χ0) is 19.4. The molecule has 0 saturated heterocycles. The van der Waals surface area contributed by atoms with E-state index >= 15 is 0 Å². The molecule has 0 aliphatic carbocycles. The SMILES string of the molecule is COC(=O)CCn1cc(-c2ccc(-c3ccc(C(=N)N)cc3)cc2)[nH]c1=S.Cl. The molecule has 0 aliphatic heterocycles. The molecule has 3 rings (SSSR count). The predicted molar refractivity (Wildman–Crippen MR) is 115 cm³/mol. The first-order valence-electron chi connectivity index (χ1n) is 8.39. The maximum Gasteiger partial charge on any atom is 0.307 e. The predicted octanol–water partition coefficient (Wildman–Crippen LogP) is 4.15. The van der Waals surface area contributed by atoms with E-state index in [1.807, 2.05) is 59.3 Å². The number of aromatic amines is 1. The van der Waals surface area contributed by atoms with E-state index in [2.05, 4.69) is 9.72 Å². The molecule has 4 N–H and O–H groups in total. The van der Waals surface area contributed by atoms with Crippen molar-refractivity contribution in [1.29, 1.82) is 5.41 Å². The Morgan fingerprint density at radius 1 is 1.11 bits per heavy atom. The Labute approximate surface area is 174 Å². The summed E-state index contributed by atoms with van der Waals surface area (Å²) >= 11 is 5.32. The average Bonchev–Trinajstić information content (AvgIpc) is 3.07. The molecule has 28 heavy (non-hydrogen) atoms. The minimum atomic E-state index is -0.264. The van der Waals surface area contributed by atoms with Crippen LogP contribution in [-0.4, -0.2) is 28.5 Å². The quantitative estimate of drug-likeness (QED) is 0.243. The van der Waals surface area contributed by atoms with E-state index in [1.165, 1.54) is 7.11 Å². The van der Waals surface area contributed by atoms with Crippen LogP contribution in [0, 0.1) is 10.2 Å². The standard InChI is InChI=1S/C20H20N4O2S.ClH/c1-26-18(25)10-11-24-12-17(23-20(24)27)15-6-2-13(3-7-15)14-4-8-16(9-5-14)19(21)22;/h2-9,12H,10-11H2,1H3,(H3,21,22)(H,23,27);1H. The molecular weight excluding hydrogens is 396 g/mol. The monoisotopic (exact) mass is 416 g/mol. The summed E-state index contributed by atoms with van der Waals surface area (Å²) in [6.07, 6.45) is 2.18. The summed E-state index contributed by atoms with van der Waals surface area (Å²) in [5.74, 6) is -0.205. The summed E-state index contributed by atoms with van der Waals surface area (Å²) in [6.45, 7) is 0.475. The lowest BCUT2D eigenvalue weighted by atomic mass is 10.0. The third-order valence-corrected chi connectivity index (χ3v) is 4.63. The number of aromatic nitrogens is 2. The summed E-state index contributed by atoms with van der Waals surface area (Å²) < 4.78 is 7.06. The maximum atomic E-state index is 11.3. The van der Waals surface area contributed by atoms with Crippen LogP contribution in [0.2, 0.25) is 0 Å². The van der Waals surface area contributed by atoms with Crippen molar-refractivity contribution in [2.45, 2.75) is 13.0 Å². The van der Waals surface area contributed by atoms with Crippen molar-refractivity contribution in [3.63, 3.8) is 0 Å². The highest BCUT2D eigenvalue weighted by molar-refractivity contribution is 7.71. The highest BCUT2D eigenvalue weighted by Crippen LogP contribution is 2.24. The lowest BCUT2D eigenvalue weighted by Gasteiger charge is -2.05. The van der Waals surface area contributed by atoms with Gasteiger partial charge in [0.2, 0.25) is 0 Å². The Morgan fingerprint density at radius 2 is 1.64 bits per heavy atom. The Morgan fingerprint density at radius 3 is 2.18 bits per heavy atom. The number of hydrogen-bond acceptors (Lipinski definition) is 4. The van der Waals surface area contributed by atoms with Gasteiger partial charge in [-0.25, -0.2) is 0 Å². The topological polar surface area (TPSA) is 96.9 Å². The van der Waals surface area contributed by atoms with Crippen LogP contribution in [-0.2, 0) is 16.1 Å². The van der Waals surface area contributed by atoms with Crippen molar-refractivity contribution in [3.05, 3.63) is 65.1 Å². The molecule has 0 aliphatic rings. The van der Waals surface area contributed by atoms with Gasteiger partial charge in [0.05, 0.1) is 19.2 Å². The third-order valence-electron chi connectivity index (χ3n) is 4.30. The largest absolute Gasteiger partial charge is 0.469 e. The molecule has 0 atom stereocenters. The summed E-state index contributed by atoms with van der Waals surface area (Å²) in [7, 11) is 1.37. The number of esters is 1. The first-order valence-corrected chi connectivity index (χ1v) is 8.80. The summed E-state index contributed by atoms with van der Waals surface area (Å²) in [6, 6.07) is 15.7. The maximum absolute atomic E-state index is 11.3. The number of halogens is 1. The number of methoxy groups -OCH3 is 1. The van der Waals surface area contributed by atoms with Crippen molar-refractivity contribution in [3.8, 4) is 22.4 Å². The zero-order valence-electron chi connectivity index (χ0n) is 15.3. The minimum Gasteiger partial charge on any atom is -0.469 e. The van der Waals surface area contributed by atoms with E-state index in [9.17, 15) is 4.79 Å². The number of rotatable bonds is 6. The smallest absolute Gasteiger partial charge is 0.307 e. The second kappa shape index (κ2) is 9.34. The van der Waals surface area contributed by atoms with E-state index in [4.69, 9.17) is 23.4 Å². The molecule has 0 fully saturated rings. The number of benzene rings is 2. The normalized spacial score (nSPS) is 10.2. The molecule has 3 aromatic rings. The van der Waals surface area contributed by atoms with Crippen LogP contribution < -0.4 is 5.73 Å². The number of aryl methyl sites for hydroxylation is 1. The molecule has 8 heteroatoms. The molecule has 6 nitrogen and oxygen atoms in total. The van der Waals surface area contributed by atoms with Gasteiger partial charge in [0.1, 0.15) is 5.84 Å². The summed E-state index contributed by atoms with van der Waals surface area (Å²) in [4.78, 5) is 14.5.